The first kappa shape index (κ1) is 16.5. The second-order valence-corrected chi connectivity index (χ2v) is 5.16. The average Bonchev–Trinajstić information content (AvgIpc) is 2.99. The van der Waals surface area contributed by atoms with E-state index in [1.807, 2.05) is 6.92 Å². The molecule has 4 N–H and O–H groups in total. The third-order valence-electron chi connectivity index (χ3n) is 3.64. The number of carbonyl (C=O) groups is 2. The molecule has 9 heteroatoms. The summed E-state index contributed by atoms with van der Waals surface area (Å²) in [7, 11) is 0. The fraction of sp³-hybridized carbons (Fsp3) is 0.125. The maximum Gasteiger partial charge on any atom is 0.251 e. The minimum Gasteiger partial charge on any atom is -0.370 e. The molecular formula is C16H13F2N5O2. The van der Waals surface area contributed by atoms with Crippen LogP contribution in [-0.4, -0.2) is 33.2 Å². The van der Waals surface area contributed by atoms with E-state index < -0.39 is 34.5 Å². The monoisotopic (exact) mass is 345 g/mol. The van der Waals surface area contributed by atoms with Crippen molar-refractivity contribution in [3.05, 3.63) is 53.0 Å². The Balaban J connectivity index is 2.22. The fourth-order valence-corrected chi connectivity index (χ4v) is 2.53. The Morgan fingerprint density at radius 3 is 2.68 bits per heavy atom. The van der Waals surface area contributed by atoms with Crippen LogP contribution in [0.15, 0.2) is 24.7 Å². The van der Waals surface area contributed by atoms with Crippen molar-refractivity contribution in [3.63, 3.8) is 0 Å². The number of H-pyrrole nitrogens is 1. The van der Waals surface area contributed by atoms with E-state index in [0.717, 1.165) is 12.1 Å². The predicted molar refractivity (Wildman–Crippen MR) is 86.4 cm³/mol. The molecular weight excluding hydrogens is 332 g/mol. The van der Waals surface area contributed by atoms with Gasteiger partial charge in [0.25, 0.3) is 5.91 Å². The summed E-state index contributed by atoms with van der Waals surface area (Å²) in [6, 6.07) is 1.72. The van der Waals surface area contributed by atoms with Crippen molar-refractivity contribution in [1.29, 1.82) is 0 Å². The van der Waals surface area contributed by atoms with Crippen LogP contribution in [0.2, 0.25) is 0 Å². The highest BCUT2D eigenvalue weighted by molar-refractivity contribution is 6.18. The van der Waals surface area contributed by atoms with Gasteiger partial charge in [0.05, 0.1) is 22.1 Å². The van der Waals surface area contributed by atoms with Gasteiger partial charge >= 0.3 is 0 Å². The number of primary amides is 1. The van der Waals surface area contributed by atoms with Crippen molar-refractivity contribution in [1.82, 2.24) is 15.0 Å². The summed E-state index contributed by atoms with van der Waals surface area (Å²) in [5.41, 5.74) is 3.95. The summed E-state index contributed by atoms with van der Waals surface area (Å²) in [4.78, 5) is 34.8. The van der Waals surface area contributed by atoms with E-state index in [1.54, 1.807) is 0 Å². The third kappa shape index (κ3) is 2.69. The lowest BCUT2D eigenvalue weighted by molar-refractivity contribution is 0.0996. The van der Waals surface area contributed by atoms with Crippen molar-refractivity contribution in [2.24, 2.45) is 5.73 Å². The molecule has 3 aromatic rings. The highest BCUT2D eigenvalue weighted by Crippen LogP contribution is 2.28. The van der Waals surface area contributed by atoms with Crippen molar-refractivity contribution in [2.75, 3.05) is 11.9 Å². The summed E-state index contributed by atoms with van der Waals surface area (Å²) in [6.07, 6.45) is 2.58. The summed E-state index contributed by atoms with van der Waals surface area (Å²) < 4.78 is 28.6. The lowest BCUT2D eigenvalue weighted by Crippen LogP contribution is -2.17. The largest absolute Gasteiger partial charge is 0.370 e. The maximum atomic E-state index is 14.5. The van der Waals surface area contributed by atoms with E-state index in [9.17, 15) is 18.4 Å². The van der Waals surface area contributed by atoms with Crippen LogP contribution in [0.5, 0.6) is 0 Å². The number of ketones is 1. The molecule has 0 atom stereocenters. The predicted octanol–water partition coefficient (Wildman–Crippen LogP) is 2.00. The summed E-state index contributed by atoms with van der Waals surface area (Å²) in [6.45, 7) is 2.35. The molecule has 0 radical (unpaired) electrons. The zero-order valence-corrected chi connectivity index (χ0v) is 13.1. The molecule has 1 aromatic carbocycles. The molecule has 0 spiro atoms. The van der Waals surface area contributed by atoms with E-state index in [4.69, 9.17) is 5.73 Å². The molecule has 0 aliphatic carbocycles. The first-order valence-electron chi connectivity index (χ1n) is 7.34. The van der Waals surface area contributed by atoms with E-state index in [-0.39, 0.29) is 5.56 Å². The van der Waals surface area contributed by atoms with Gasteiger partial charge in [0, 0.05) is 12.7 Å². The highest BCUT2D eigenvalue weighted by atomic mass is 19.1. The fourth-order valence-electron chi connectivity index (χ4n) is 2.53. The zero-order valence-electron chi connectivity index (χ0n) is 13.1. The van der Waals surface area contributed by atoms with Crippen molar-refractivity contribution in [3.8, 4) is 0 Å². The summed E-state index contributed by atoms with van der Waals surface area (Å²) in [5, 5.41) is 3.26. The number of amides is 1. The topological polar surface area (TPSA) is 114 Å². The Kier molecular flexibility index (Phi) is 4.14. The van der Waals surface area contributed by atoms with Gasteiger partial charge in [0.2, 0.25) is 5.78 Å². The molecule has 128 valence electrons. The number of aromatic nitrogens is 3. The van der Waals surface area contributed by atoms with Crippen LogP contribution in [-0.2, 0) is 0 Å². The quantitative estimate of drug-likeness (QED) is 0.612. The number of rotatable bonds is 5. The number of nitrogens with two attached hydrogens (primary N) is 1. The Morgan fingerprint density at radius 2 is 2.00 bits per heavy atom. The number of nitrogens with zero attached hydrogens (tertiary/aromatic N) is 2. The van der Waals surface area contributed by atoms with Gasteiger partial charge in [0.15, 0.2) is 0 Å². The number of hydrogen-bond donors (Lipinski definition) is 3. The van der Waals surface area contributed by atoms with Crippen LogP contribution in [0.25, 0.3) is 11.0 Å². The molecule has 1 amide bonds. The van der Waals surface area contributed by atoms with Gasteiger partial charge in [0.1, 0.15) is 29.4 Å². The lowest BCUT2D eigenvalue weighted by Gasteiger charge is -2.08. The van der Waals surface area contributed by atoms with E-state index >= 15 is 0 Å². The first-order valence-corrected chi connectivity index (χ1v) is 7.34. The van der Waals surface area contributed by atoms with Gasteiger partial charge in [-0.05, 0) is 19.1 Å². The Morgan fingerprint density at radius 1 is 1.24 bits per heavy atom. The number of halogens is 2. The normalized spacial score (nSPS) is 10.8. The molecule has 2 heterocycles. The number of nitrogens with one attached hydrogen (secondary N) is 2. The third-order valence-corrected chi connectivity index (χ3v) is 3.64. The van der Waals surface area contributed by atoms with Gasteiger partial charge in [-0.3, -0.25) is 9.59 Å². The van der Waals surface area contributed by atoms with Crippen LogP contribution in [0.1, 0.15) is 33.2 Å². The molecule has 0 bridgehead atoms. The second-order valence-electron chi connectivity index (χ2n) is 5.16. The summed E-state index contributed by atoms with van der Waals surface area (Å²) >= 11 is 0. The van der Waals surface area contributed by atoms with E-state index in [1.165, 1.54) is 12.5 Å². The van der Waals surface area contributed by atoms with Crippen LogP contribution in [0, 0.1) is 11.6 Å². The molecule has 25 heavy (non-hydrogen) atoms. The molecule has 7 nitrogen and oxygen atoms in total. The lowest BCUT2D eigenvalue weighted by atomic mass is 9.99. The van der Waals surface area contributed by atoms with Crippen LogP contribution >= 0.6 is 0 Å². The van der Waals surface area contributed by atoms with Gasteiger partial charge in [-0.25, -0.2) is 18.7 Å². The number of fused-ring (bicyclic) bond motifs is 1. The van der Waals surface area contributed by atoms with Gasteiger partial charge in [-0.2, -0.15) is 0 Å². The van der Waals surface area contributed by atoms with Crippen molar-refractivity contribution < 1.29 is 18.4 Å². The highest BCUT2D eigenvalue weighted by Gasteiger charge is 2.26. The Bertz CT molecular complexity index is 1000. The van der Waals surface area contributed by atoms with Crippen molar-refractivity contribution >= 4 is 28.5 Å². The Hall–Kier alpha value is -3.36. The number of anilines is 1. The minimum atomic E-state index is -1.30. The SMILES string of the molecule is CCNc1ncnc2[nH]cc(C(=O)c3c(F)ccc(C(N)=O)c3F)c12. The van der Waals surface area contributed by atoms with Crippen molar-refractivity contribution in [2.45, 2.75) is 6.92 Å². The standard InChI is InChI=1S/C16H13F2N5O2/c1-2-20-15-10-8(5-21-16(10)23-6-22-15)13(24)11-9(17)4-3-7(12(11)18)14(19)25/h3-6H,2H2,1H3,(H2,19,25)(H2,20,21,22,23). The number of carbonyl (C=O) groups excluding carboxylic acids is 2. The second kappa shape index (κ2) is 6.27. The Labute approximate surface area is 140 Å². The molecule has 2 aromatic heterocycles. The molecule has 0 unspecified atom stereocenters. The maximum absolute atomic E-state index is 14.5. The smallest absolute Gasteiger partial charge is 0.251 e. The van der Waals surface area contributed by atoms with Crippen LogP contribution in [0.3, 0.4) is 0 Å². The molecule has 3 rings (SSSR count). The number of aromatic amines is 1. The molecule has 0 aliphatic rings. The van der Waals surface area contributed by atoms with Gasteiger partial charge < -0.3 is 16.0 Å². The average molecular weight is 345 g/mol. The molecule has 0 fully saturated rings. The molecule has 0 aliphatic heterocycles. The van der Waals surface area contributed by atoms with E-state index in [0.29, 0.717) is 23.4 Å². The molecule has 0 saturated heterocycles. The van der Waals surface area contributed by atoms with Crippen LogP contribution in [0.4, 0.5) is 14.6 Å². The minimum absolute atomic E-state index is 0.0222. The zero-order chi connectivity index (χ0) is 18.1. The number of hydrogen-bond acceptors (Lipinski definition) is 5. The first-order chi connectivity index (χ1) is 12.0. The summed E-state index contributed by atoms with van der Waals surface area (Å²) in [5.74, 6) is -4.08. The molecule has 0 saturated carbocycles. The van der Waals surface area contributed by atoms with Crippen LogP contribution < -0.4 is 11.1 Å². The van der Waals surface area contributed by atoms with Gasteiger partial charge in [-0.15, -0.1) is 0 Å². The number of benzene rings is 1. The van der Waals surface area contributed by atoms with E-state index in [2.05, 4.69) is 20.3 Å². The van der Waals surface area contributed by atoms with Gasteiger partial charge in [-0.1, -0.05) is 0 Å².